The van der Waals surface area contributed by atoms with Crippen molar-refractivity contribution in [1.29, 1.82) is 0 Å². The fourth-order valence-electron chi connectivity index (χ4n) is 2.41. The summed E-state index contributed by atoms with van der Waals surface area (Å²) >= 11 is 0. The van der Waals surface area contributed by atoms with Gasteiger partial charge in [0.2, 0.25) is 0 Å². The van der Waals surface area contributed by atoms with Gasteiger partial charge in [-0.15, -0.1) is 0 Å². The van der Waals surface area contributed by atoms with Crippen molar-refractivity contribution in [2.75, 3.05) is 0 Å². The summed E-state index contributed by atoms with van der Waals surface area (Å²) in [5, 5.41) is 0. The van der Waals surface area contributed by atoms with Gasteiger partial charge in [0, 0.05) is 24.8 Å². The molecule has 2 aromatic heterocycles. The minimum absolute atomic E-state index is 0.0845. The van der Waals surface area contributed by atoms with Crippen LogP contribution < -0.4 is 0 Å². The first-order valence-electron chi connectivity index (χ1n) is 7.14. The van der Waals surface area contributed by atoms with Crippen LogP contribution in [0.25, 0.3) is 0 Å². The second-order valence-corrected chi connectivity index (χ2v) is 7.13. The predicted molar refractivity (Wildman–Crippen MR) is 83.9 cm³/mol. The first-order valence-corrected chi connectivity index (χ1v) is 7.14. The van der Waals surface area contributed by atoms with E-state index in [1.165, 1.54) is 16.7 Å². The van der Waals surface area contributed by atoms with Gasteiger partial charge in [0.1, 0.15) is 0 Å². The molecule has 0 unspecified atom stereocenters. The molecule has 0 aliphatic carbocycles. The molecule has 2 aromatic rings. The molecule has 0 N–H and O–H groups in total. The zero-order chi connectivity index (χ0) is 14.8. The van der Waals surface area contributed by atoms with Gasteiger partial charge >= 0.3 is 0 Å². The molecule has 0 bridgehead atoms. The van der Waals surface area contributed by atoms with Crippen molar-refractivity contribution in [3.05, 3.63) is 59.7 Å². The number of nitrogens with zero attached hydrogens (tertiary/aromatic N) is 2. The minimum Gasteiger partial charge on any atom is -0.265 e. The van der Waals surface area contributed by atoms with E-state index in [0.717, 1.165) is 6.42 Å². The predicted octanol–water partition coefficient (Wildman–Crippen LogP) is 4.29. The Bertz CT molecular complexity index is 565. The van der Waals surface area contributed by atoms with Gasteiger partial charge in [-0.2, -0.15) is 0 Å². The van der Waals surface area contributed by atoms with Crippen LogP contribution in [-0.2, 0) is 17.3 Å². The first kappa shape index (κ1) is 14.7. The number of aromatic nitrogens is 2. The van der Waals surface area contributed by atoms with E-state index in [2.05, 4.69) is 62.8 Å². The van der Waals surface area contributed by atoms with E-state index in [4.69, 9.17) is 0 Å². The molecule has 0 saturated heterocycles. The van der Waals surface area contributed by atoms with Crippen LogP contribution in [-0.4, -0.2) is 9.97 Å². The van der Waals surface area contributed by atoms with Crippen molar-refractivity contribution in [2.45, 2.75) is 51.9 Å². The van der Waals surface area contributed by atoms with Gasteiger partial charge in [0.15, 0.2) is 0 Å². The summed E-state index contributed by atoms with van der Waals surface area (Å²) in [6.07, 6.45) is 8.66. The van der Waals surface area contributed by atoms with Crippen LogP contribution in [0.3, 0.4) is 0 Å². The maximum atomic E-state index is 4.42. The van der Waals surface area contributed by atoms with Gasteiger partial charge in [-0.3, -0.25) is 9.97 Å². The van der Waals surface area contributed by atoms with Crippen molar-refractivity contribution in [3.8, 4) is 0 Å². The fourth-order valence-corrected chi connectivity index (χ4v) is 2.41. The first-order chi connectivity index (χ1) is 9.29. The average molecular weight is 268 g/mol. The van der Waals surface area contributed by atoms with E-state index in [0.29, 0.717) is 0 Å². The van der Waals surface area contributed by atoms with E-state index >= 15 is 0 Å². The summed E-state index contributed by atoms with van der Waals surface area (Å²) in [5.41, 5.74) is 4.12. The zero-order valence-electron chi connectivity index (χ0n) is 13.1. The second kappa shape index (κ2) is 5.35. The number of pyridine rings is 2. The fraction of sp³-hybridized carbons (Fsp3) is 0.444. The highest BCUT2D eigenvalue weighted by atomic mass is 14.6. The molecule has 106 valence electrons. The monoisotopic (exact) mass is 268 g/mol. The quantitative estimate of drug-likeness (QED) is 0.829. The Kier molecular flexibility index (Phi) is 3.94. The smallest absolute Gasteiger partial charge is 0.0305 e. The van der Waals surface area contributed by atoms with Gasteiger partial charge in [-0.25, -0.2) is 0 Å². The Morgan fingerprint density at radius 3 is 2.10 bits per heavy atom. The Morgan fingerprint density at radius 1 is 0.850 bits per heavy atom. The van der Waals surface area contributed by atoms with Gasteiger partial charge in [0.25, 0.3) is 0 Å². The molecule has 0 saturated carbocycles. The van der Waals surface area contributed by atoms with E-state index < -0.39 is 0 Å². The Balaban J connectivity index is 2.26. The third-order valence-corrected chi connectivity index (χ3v) is 3.77. The van der Waals surface area contributed by atoms with Crippen LogP contribution in [0, 0.1) is 0 Å². The molecular weight excluding hydrogens is 244 g/mol. The van der Waals surface area contributed by atoms with Crippen molar-refractivity contribution < 1.29 is 0 Å². The molecular formula is C18H24N2. The Morgan fingerprint density at radius 2 is 1.50 bits per heavy atom. The van der Waals surface area contributed by atoms with Crippen LogP contribution in [0.15, 0.2) is 43.0 Å². The van der Waals surface area contributed by atoms with E-state index in [-0.39, 0.29) is 10.8 Å². The molecule has 0 radical (unpaired) electrons. The molecule has 0 spiro atoms. The van der Waals surface area contributed by atoms with E-state index in [1.807, 2.05) is 24.8 Å². The lowest BCUT2D eigenvalue weighted by atomic mass is 9.79. The zero-order valence-corrected chi connectivity index (χ0v) is 13.1. The summed E-state index contributed by atoms with van der Waals surface area (Å²) < 4.78 is 0. The highest BCUT2D eigenvalue weighted by molar-refractivity contribution is 5.29. The lowest BCUT2D eigenvalue weighted by Gasteiger charge is -2.26. The molecule has 0 aliphatic rings. The topological polar surface area (TPSA) is 25.8 Å². The third kappa shape index (κ3) is 3.44. The maximum Gasteiger partial charge on any atom is 0.0305 e. The lowest BCUT2D eigenvalue weighted by Crippen LogP contribution is -2.21. The molecule has 0 amide bonds. The van der Waals surface area contributed by atoms with Crippen LogP contribution in [0.2, 0.25) is 0 Å². The molecule has 2 heteroatoms. The molecule has 2 rings (SSSR count). The average Bonchev–Trinajstić information content (AvgIpc) is 2.38. The van der Waals surface area contributed by atoms with Crippen LogP contribution in [0.5, 0.6) is 0 Å². The number of rotatable bonds is 3. The largest absolute Gasteiger partial charge is 0.265 e. The van der Waals surface area contributed by atoms with Gasteiger partial charge < -0.3 is 0 Å². The van der Waals surface area contributed by atoms with E-state index in [1.54, 1.807) is 0 Å². The Hall–Kier alpha value is -1.70. The lowest BCUT2D eigenvalue weighted by molar-refractivity contribution is 0.518. The SMILES string of the molecule is CC(C)(C)c1cncc(CC(C)(C)c2ccncc2)c1. The van der Waals surface area contributed by atoms with Crippen molar-refractivity contribution in [3.63, 3.8) is 0 Å². The van der Waals surface area contributed by atoms with Crippen molar-refractivity contribution >= 4 is 0 Å². The number of hydrogen-bond donors (Lipinski definition) is 0. The van der Waals surface area contributed by atoms with Crippen molar-refractivity contribution in [2.24, 2.45) is 0 Å². The molecule has 0 aromatic carbocycles. The second-order valence-electron chi connectivity index (χ2n) is 7.13. The molecule has 0 aliphatic heterocycles. The van der Waals surface area contributed by atoms with Gasteiger partial charge in [-0.1, -0.05) is 40.7 Å². The Labute approximate surface area is 122 Å². The standard InChI is InChI=1S/C18H24N2/c1-17(2,3)16-10-14(12-20-13-16)11-18(4,5)15-6-8-19-9-7-15/h6-10,12-13H,11H2,1-5H3. The maximum absolute atomic E-state index is 4.42. The summed E-state index contributed by atoms with van der Waals surface area (Å²) in [6.45, 7) is 11.2. The van der Waals surface area contributed by atoms with Gasteiger partial charge in [0.05, 0.1) is 0 Å². The third-order valence-electron chi connectivity index (χ3n) is 3.77. The normalized spacial score (nSPS) is 12.4. The van der Waals surface area contributed by atoms with Gasteiger partial charge in [-0.05, 0) is 46.1 Å². The summed E-state index contributed by atoms with van der Waals surface area (Å²) in [6, 6.07) is 6.48. The highest BCUT2D eigenvalue weighted by Gasteiger charge is 2.22. The summed E-state index contributed by atoms with van der Waals surface area (Å²) in [7, 11) is 0. The molecule has 2 nitrogen and oxygen atoms in total. The number of hydrogen-bond acceptors (Lipinski definition) is 2. The summed E-state index contributed by atoms with van der Waals surface area (Å²) in [5.74, 6) is 0. The molecule has 0 fully saturated rings. The molecule has 20 heavy (non-hydrogen) atoms. The van der Waals surface area contributed by atoms with Crippen molar-refractivity contribution in [1.82, 2.24) is 9.97 Å². The molecule has 0 atom stereocenters. The molecule has 2 heterocycles. The van der Waals surface area contributed by atoms with Crippen LogP contribution >= 0.6 is 0 Å². The van der Waals surface area contributed by atoms with Crippen LogP contribution in [0.1, 0.15) is 51.3 Å². The van der Waals surface area contributed by atoms with E-state index in [9.17, 15) is 0 Å². The highest BCUT2D eigenvalue weighted by Crippen LogP contribution is 2.29. The summed E-state index contributed by atoms with van der Waals surface area (Å²) in [4.78, 5) is 8.52. The minimum atomic E-state index is 0.0845. The van der Waals surface area contributed by atoms with Crippen LogP contribution in [0.4, 0.5) is 0 Å².